The maximum Gasteiger partial charge on any atom is 0.307 e. The number of phenols is 1. The van der Waals surface area contributed by atoms with E-state index in [1.54, 1.807) is 18.2 Å². The molecule has 2 rings (SSSR count). The summed E-state index contributed by atoms with van der Waals surface area (Å²) in [5, 5.41) is 13.6. The van der Waals surface area contributed by atoms with Crippen LogP contribution in [-0.2, 0) is 0 Å². The number of aromatic hydroxyl groups is 1. The van der Waals surface area contributed by atoms with Crippen molar-refractivity contribution in [3.05, 3.63) is 46.3 Å². The number of rotatable bonds is 4. The van der Waals surface area contributed by atoms with Crippen LogP contribution < -0.4 is 10.2 Å². The third kappa shape index (κ3) is 3.18. The molecular weight excluding hydrogens is 328 g/mol. The summed E-state index contributed by atoms with van der Waals surface area (Å²) in [5.41, 5.74) is 2.69. The largest absolute Gasteiger partial charge is 0.504 e. The third-order valence-corrected chi connectivity index (χ3v) is 2.86. The lowest BCUT2D eigenvalue weighted by Crippen LogP contribution is -2.16. The minimum Gasteiger partial charge on any atom is -0.504 e. The molecule has 6 nitrogen and oxygen atoms in total. The van der Waals surface area contributed by atoms with E-state index in [0.717, 1.165) is 0 Å². The van der Waals surface area contributed by atoms with Gasteiger partial charge >= 0.3 is 5.91 Å². The zero-order valence-electron chi connectivity index (χ0n) is 10.5. The van der Waals surface area contributed by atoms with Gasteiger partial charge in [-0.1, -0.05) is 15.9 Å². The fourth-order valence-corrected chi connectivity index (χ4v) is 1.93. The molecule has 0 bridgehead atoms. The monoisotopic (exact) mass is 338 g/mol. The Morgan fingerprint density at radius 1 is 1.55 bits per heavy atom. The summed E-state index contributed by atoms with van der Waals surface area (Å²) in [5.74, 6) is -0.0872. The lowest BCUT2D eigenvalue weighted by molar-refractivity contribution is 0.0927. The predicted molar refractivity (Wildman–Crippen MR) is 76.1 cm³/mol. The molecule has 0 aliphatic rings. The molecule has 0 radical (unpaired) electrons. The topological polar surface area (TPSA) is 84.1 Å². The predicted octanol–water partition coefficient (Wildman–Crippen LogP) is 2.52. The van der Waals surface area contributed by atoms with Crippen molar-refractivity contribution in [3.8, 4) is 11.5 Å². The molecular formula is C13H11BrN2O4. The number of nitrogens with one attached hydrogen (secondary N) is 1. The Morgan fingerprint density at radius 2 is 2.35 bits per heavy atom. The number of carbonyl (C=O) groups is 1. The van der Waals surface area contributed by atoms with E-state index < -0.39 is 5.91 Å². The molecule has 0 fully saturated rings. The second kappa shape index (κ2) is 6.25. The zero-order valence-corrected chi connectivity index (χ0v) is 12.0. The number of benzene rings is 1. The fourth-order valence-electron chi connectivity index (χ4n) is 1.47. The van der Waals surface area contributed by atoms with E-state index in [9.17, 15) is 9.90 Å². The van der Waals surface area contributed by atoms with Gasteiger partial charge in [-0.15, -0.1) is 0 Å². The quantitative estimate of drug-likeness (QED) is 0.662. The molecule has 0 aliphatic carbocycles. The minimum atomic E-state index is -0.479. The highest BCUT2D eigenvalue weighted by Gasteiger charge is 2.09. The van der Waals surface area contributed by atoms with E-state index in [4.69, 9.17) is 9.15 Å². The van der Waals surface area contributed by atoms with Gasteiger partial charge in [-0.3, -0.25) is 4.79 Å². The Morgan fingerprint density at radius 3 is 3.00 bits per heavy atom. The maximum atomic E-state index is 11.6. The Hall–Kier alpha value is -2.28. The average molecular weight is 339 g/mol. The highest BCUT2D eigenvalue weighted by Crippen LogP contribution is 2.32. The number of methoxy groups -OCH3 is 1. The smallest absolute Gasteiger partial charge is 0.307 e. The van der Waals surface area contributed by atoms with Crippen LogP contribution in [0.2, 0.25) is 0 Å². The summed E-state index contributed by atoms with van der Waals surface area (Å²) in [6, 6.07) is 6.38. The fraction of sp³-hybridized carbons (Fsp3) is 0.0769. The number of hydrazone groups is 1. The highest BCUT2D eigenvalue weighted by molar-refractivity contribution is 9.10. The molecule has 2 aromatic rings. The Kier molecular flexibility index (Phi) is 4.41. The number of carbonyl (C=O) groups excluding carboxylic acids is 1. The first kappa shape index (κ1) is 14.1. The van der Waals surface area contributed by atoms with Crippen molar-refractivity contribution in [3.63, 3.8) is 0 Å². The number of hydrogen-bond acceptors (Lipinski definition) is 5. The lowest BCUT2D eigenvalue weighted by Gasteiger charge is -2.06. The van der Waals surface area contributed by atoms with Crippen LogP contribution in [0.5, 0.6) is 11.5 Å². The van der Waals surface area contributed by atoms with Gasteiger partial charge in [0.25, 0.3) is 0 Å². The second-order valence-corrected chi connectivity index (χ2v) is 4.64. The summed E-state index contributed by atoms with van der Waals surface area (Å²) < 4.78 is 10.6. The van der Waals surface area contributed by atoms with Crippen molar-refractivity contribution in [1.29, 1.82) is 0 Å². The SMILES string of the molecule is COc1cc(Br)cc(/C=N/NC(=O)c2ccco2)c1O. The van der Waals surface area contributed by atoms with Crippen LogP contribution >= 0.6 is 15.9 Å². The summed E-state index contributed by atoms with van der Waals surface area (Å²) in [4.78, 5) is 11.6. The molecule has 1 aromatic carbocycles. The van der Waals surface area contributed by atoms with Gasteiger partial charge < -0.3 is 14.3 Å². The number of halogens is 1. The normalized spacial score (nSPS) is 10.7. The first-order valence-corrected chi connectivity index (χ1v) is 6.34. The Bertz CT molecular complexity index is 638. The van der Waals surface area contributed by atoms with Gasteiger partial charge in [-0.2, -0.15) is 5.10 Å². The zero-order chi connectivity index (χ0) is 14.5. The number of ether oxygens (including phenoxy) is 1. The number of hydrogen-bond donors (Lipinski definition) is 2. The van der Waals surface area contributed by atoms with Crippen LogP contribution in [0.25, 0.3) is 0 Å². The number of phenolic OH excluding ortho intramolecular Hbond substituents is 1. The summed E-state index contributed by atoms with van der Waals surface area (Å²) in [6.45, 7) is 0. The van der Waals surface area contributed by atoms with E-state index in [1.807, 2.05) is 0 Å². The Labute approximate surface area is 123 Å². The highest BCUT2D eigenvalue weighted by atomic mass is 79.9. The average Bonchev–Trinajstić information content (AvgIpc) is 2.96. The molecule has 20 heavy (non-hydrogen) atoms. The van der Waals surface area contributed by atoms with Crippen molar-refractivity contribution in [1.82, 2.24) is 5.43 Å². The lowest BCUT2D eigenvalue weighted by atomic mass is 10.2. The van der Waals surface area contributed by atoms with Crippen LogP contribution in [-0.4, -0.2) is 24.3 Å². The molecule has 0 atom stereocenters. The van der Waals surface area contributed by atoms with Crippen molar-refractivity contribution >= 4 is 28.1 Å². The standard InChI is InChI=1S/C13H11BrN2O4/c1-19-11-6-9(14)5-8(12(11)17)7-15-16-13(18)10-3-2-4-20-10/h2-7,17H,1H3,(H,16,18)/b15-7+. The summed E-state index contributed by atoms with van der Waals surface area (Å²) >= 11 is 3.29. The molecule has 0 saturated carbocycles. The molecule has 7 heteroatoms. The Balaban J connectivity index is 2.12. The van der Waals surface area contributed by atoms with Gasteiger partial charge in [0, 0.05) is 10.0 Å². The van der Waals surface area contributed by atoms with Gasteiger partial charge in [0.15, 0.2) is 17.3 Å². The van der Waals surface area contributed by atoms with Gasteiger partial charge in [0.2, 0.25) is 0 Å². The molecule has 1 heterocycles. The first-order valence-electron chi connectivity index (χ1n) is 5.55. The molecule has 0 spiro atoms. The second-order valence-electron chi connectivity index (χ2n) is 3.72. The van der Waals surface area contributed by atoms with Crippen molar-refractivity contribution in [2.24, 2.45) is 5.10 Å². The molecule has 0 saturated heterocycles. The van der Waals surface area contributed by atoms with Gasteiger partial charge in [-0.05, 0) is 24.3 Å². The van der Waals surface area contributed by atoms with Gasteiger partial charge in [0.1, 0.15) is 0 Å². The van der Waals surface area contributed by atoms with Crippen LogP contribution in [0, 0.1) is 0 Å². The van der Waals surface area contributed by atoms with Crippen molar-refractivity contribution in [2.45, 2.75) is 0 Å². The number of amides is 1. The van der Waals surface area contributed by atoms with Gasteiger partial charge in [0.05, 0.1) is 19.6 Å². The van der Waals surface area contributed by atoms with Crippen LogP contribution in [0.4, 0.5) is 0 Å². The van der Waals surface area contributed by atoms with E-state index in [0.29, 0.717) is 15.8 Å². The van der Waals surface area contributed by atoms with Crippen LogP contribution in [0.15, 0.2) is 44.5 Å². The number of nitrogens with zero attached hydrogens (tertiary/aromatic N) is 1. The molecule has 104 valence electrons. The molecule has 0 unspecified atom stereocenters. The van der Waals surface area contributed by atoms with E-state index in [2.05, 4.69) is 26.5 Å². The molecule has 1 aromatic heterocycles. The first-order chi connectivity index (χ1) is 9.61. The summed E-state index contributed by atoms with van der Waals surface area (Å²) in [6.07, 6.45) is 2.70. The summed E-state index contributed by atoms with van der Waals surface area (Å²) in [7, 11) is 1.45. The minimum absolute atomic E-state index is 0.0632. The van der Waals surface area contributed by atoms with E-state index in [-0.39, 0.29) is 11.5 Å². The van der Waals surface area contributed by atoms with E-state index >= 15 is 0 Å². The number of furan rings is 1. The molecule has 2 N–H and O–H groups in total. The van der Waals surface area contributed by atoms with Gasteiger partial charge in [-0.25, -0.2) is 5.43 Å². The van der Waals surface area contributed by atoms with E-state index in [1.165, 1.54) is 25.7 Å². The van der Waals surface area contributed by atoms with Crippen molar-refractivity contribution < 1.29 is 19.1 Å². The maximum absolute atomic E-state index is 11.6. The van der Waals surface area contributed by atoms with Crippen LogP contribution in [0.3, 0.4) is 0 Å². The van der Waals surface area contributed by atoms with Crippen LogP contribution in [0.1, 0.15) is 16.1 Å². The third-order valence-electron chi connectivity index (χ3n) is 2.40. The molecule has 1 amide bonds. The van der Waals surface area contributed by atoms with Crippen molar-refractivity contribution in [2.75, 3.05) is 7.11 Å². The molecule has 0 aliphatic heterocycles.